The third-order valence-corrected chi connectivity index (χ3v) is 5.00. The molecule has 0 spiro atoms. The first-order valence-electron chi connectivity index (χ1n) is 8.96. The number of rotatable bonds is 4. The topological polar surface area (TPSA) is 71.8 Å². The second kappa shape index (κ2) is 6.72. The fraction of sp³-hybridized carbons (Fsp3) is 0.130. The van der Waals surface area contributed by atoms with Crippen LogP contribution in [0.4, 0.5) is 0 Å². The van der Waals surface area contributed by atoms with Gasteiger partial charge in [0, 0.05) is 23.0 Å². The zero-order valence-electron chi connectivity index (χ0n) is 15.4. The molecule has 4 rings (SSSR count). The van der Waals surface area contributed by atoms with E-state index in [1.54, 1.807) is 6.07 Å². The van der Waals surface area contributed by atoms with E-state index < -0.39 is 5.91 Å². The Labute approximate surface area is 158 Å². The smallest absolute Gasteiger partial charge is 0.267 e. The number of fused-ring (bicyclic) bond motifs is 1. The maximum Gasteiger partial charge on any atom is 0.267 e. The number of carbonyl (C=O) groups excluding carboxylic acids is 1. The molecule has 2 heterocycles. The molecule has 0 fully saturated rings. The van der Waals surface area contributed by atoms with Gasteiger partial charge in [0.1, 0.15) is 5.69 Å². The van der Waals surface area contributed by atoms with Gasteiger partial charge < -0.3 is 10.7 Å². The summed E-state index contributed by atoms with van der Waals surface area (Å²) in [5.41, 5.74) is 13.5. The van der Waals surface area contributed by atoms with E-state index in [0.29, 0.717) is 12.1 Å². The van der Waals surface area contributed by atoms with E-state index in [2.05, 4.69) is 48.1 Å². The first-order valence-corrected chi connectivity index (χ1v) is 8.96. The summed E-state index contributed by atoms with van der Waals surface area (Å²) in [5, 5.41) is 1.18. The molecule has 0 atom stereocenters. The Morgan fingerprint density at radius 3 is 2.48 bits per heavy atom. The van der Waals surface area contributed by atoms with E-state index in [0.717, 1.165) is 22.5 Å². The lowest BCUT2D eigenvalue weighted by Gasteiger charge is -2.07. The van der Waals surface area contributed by atoms with Crippen molar-refractivity contribution in [2.75, 3.05) is 0 Å². The van der Waals surface area contributed by atoms with Gasteiger partial charge in [-0.05, 0) is 60.4 Å². The molecule has 0 unspecified atom stereocenters. The number of aryl methyl sites for hydroxylation is 2. The molecule has 3 N–H and O–H groups in total. The van der Waals surface area contributed by atoms with Gasteiger partial charge in [0.2, 0.25) is 0 Å². The number of aromatic amines is 1. The lowest BCUT2D eigenvalue weighted by atomic mass is 9.98. The Balaban J connectivity index is 1.90. The van der Waals surface area contributed by atoms with Crippen LogP contribution in [0.1, 0.15) is 32.9 Å². The zero-order valence-corrected chi connectivity index (χ0v) is 15.4. The van der Waals surface area contributed by atoms with Gasteiger partial charge in [-0.15, -0.1) is 0 Å². The van der Waals surface area contributed by atoms with Crippen molar-refractivity contribution in [3.05, 3.63) is 88.7 Å². The van der Waals surface area contributed by atoms with E-state index in [1.807, 2.05) is 30.3 Å². The normalized spacial score (nSPS) is 11.0. The standard InChI is InChI=1S/C23H21N3O/c1-14-11-18-19(13-17-9-6-10-20(25-17)23(24)27)22(16-7-4-3-5-8-16)26-21(18)12-15(14)2/h3-12,26H,13H2,1-2H3,(H2,24,27). The average Bonchev–Trinajstić information content (AvgIpc) is 3.00. The summed E-state index contributed by atoms with van der Waals surface area (Å²) in [5.74, 6) is -0.509. The highest BCUT2D eigenvalue weighted by Crippen LogP contribution is 2.33. The highest BCUT2D eigenvalue weighted by Gasteiger charge is 2.16. The number of benzene rings is 2. The minimum atomic E-state index is -0.509. The van der Waals surface area contributed by atoms with Crippen molar-refractivity contribution < 1.29 is 4.79 Å². The fourth-order valence-corrected chi connectivity index (χ4v) is 3.45. The quantitative estimate of drug-likeness (QED) is 0.564. The van der Waals surface area contributed by atoms with Crippen LogP contribution in [0.5, 0.6) is 0 Å². The van der Waals surface area contributed by atoms with Crippen molar-refractivity contribution in [3.63, 3.8) is 0 Å². The maximum atomic E-state index is 11.5. The van der Waals surface area contributed by atoms with Crippen molar-refractivity contribution in [2.45, 2.75) is 20.3 Å². The summed E-state index contributed by atoms with van der Waals surface area (Å²) >= 11 is 0. The number of carbonyl (C=O) groups is 1. The van der Waals surface area contributed by atoms with Crippen molar-refractivity contribution in [2.24, 2.45) is 5.73 Å². The van der Waals surface area contributed by atoms with Gasteiger partial charge in [-0.1, -0.05) is 36.4 Å². The largest absolute Gasteiger partial charge is 0.364 e. The Morgan fingerprint density at radius 2 is 1.74 bits per heavy atom. The molecule has 4 nitrogen and oxygen atoms in total. The number of nitrogens with two attached hydrogens (primary N) is 1. The van der Waals surface area contributed by atoms with Crippen LogP contribution < -0.4 is 5.73 Å². The van der Waals surface area contributed by atoms with Gasteiger partial charge in [-0.2, -0.15) is 0 Å². The van der Waals surface area contributed by atoms with Gasteiger partial charge in [0.15, 0.2) is 0 Å². The first-order chi connectivity index (χ1) is 13.0. The van der Waals surface area contributed by atoms with Crippen LogP contribution in [-0.2, 0) is 6.42 Å². The molecular weight excluding hydrogens is 334 g/mol. The summed E-state index contributed by atoms with van der Waals surface area (Å²) < 4.78 is 0. The van der Waals surface area contributed by atoms with E-state index in [4.69, 9.17) is 5.73 Å². The molecule has 1 amide bonds. The molecule has 0 radical (unpaired) electrons. The second-order valence-electron chi connectivity index (χ2n) is 6.88. The number of nitrogens with zero attached hydrogens (tertiary/aromatic N) is 1. The van der Waals surface area contributed by atoms with Crippen molar-refractivity contribution >= 4 is 16.8 Å². The number of aromatic nitrogens is 2. The fourth-order valence-electron chi connectivity index (χ4n) is 3.45. The minimum absolute atomic E-state index is 0.292. The third-order valence-electron chi connectivity index (χ3n) is 5.00. The molecule has 0 saturated heterocycles. The number of amides is 1. The lowest BCUT2D eigenvalue weighted by molar-refractivity contribution is 0.0995. The summed E-state index contributed by atoms with van der Waals surface area (Å²) in [6, 6.07) is 20.1. The van der Waals surface area contributed by atoms with E-state index in [-0.39, 0.29) is 0 Å². The van der Waals surface area contributed by atoms with E-state index in [1.165, 1.54) is 22.1 Å². The lowest BCUT2D eigenvalue weighted by Crippen LogP contribution is -2.13. The number of pyridine rings is 1. The van der Waals surface area contributed by atoms with Crippen molar-refractivity contribution in [1.29, 1.82) is 0 Å². The van der Waals surface area contributed by atoms with Crippen LogP contribution in [0.25, 0.3) is 22.2 Å². The molecule has 4 aromatic rings. The molecular formula is C23H21N3O. The first kappa shape index (κ1) is 17.0. The Bertz CT molecular complexity index is 1140. The van der Waals surface area contributed by atoms with Crippen molar-refractivity contribution in [1.82, 2.24) is 9.97 Å². The summed E-state index contributed by atoms with van der Waals surface area (Å²) in [6.07, 6.45) is 0.619. The summed E-state index contributed by atoms with van der Waals surface area (Å²) in [6.45, 7) is 4.25. The molecule has 0 aliphatic carbocycles. The van der Waals surface area contributed by atoms with Crippen LogP contribution in [-0.4, -0.2) is 15.9 Å². The molecule has 0 aliphatic rings. The molecule has 2 aromatic carbocycles. The average molecular weight is 355 g/mol. The van der Waals surface area contributed by atoms with Gasteiger partial charge in [0.05, 0.1) is 5.69 Å². The monoisotopic (exact) mass is 355 g/mol. The van der Waals surface area contributed by atoms with Crippen LogP contribution in [0.15, 0.2) is 60.7 Å². The highest BCUT2D eigenvalue weighted by molar-refractivity contribution is 5.92. The van der Waals surface area contributed by atoms with Crippen LogP contribution in [0.3, 0.4) is 0 Å². The number of hydrogen-bond acceptors (Lipinski definition) is 2. The van der Waals surface area contributed by atoms with E-state index in [9.17, 15) is 4.79 Å². The SMILES string of the molecule is Cc1cc2[nH]c(-c3ccccc3)c(Cc3cccc(C(N)=O)n3)c2cc1C. The van der Waals surface area contributed by atoms with Gasteiger partial charge in [0.25, 0.3) is 5.91 Å². The molecule has 0 saturated carbocycles. The third kappa shape index (κ3) is 3.22. The van der Waals surface area contributed by atoms with Crippen molar-refractivity contribution in [3.8, 4) is 11.3 Å². The molecule has 0 aliphatic heterocycles. The number of primary amides is 1. The molecule has 4 heteroatoms. The Hall–Kier alpha value is -3.40. The Kier molecular flexibility index (Phi) is 4.24. The molecule has 134 valence electrons. The minimum Gasteiger partial charge on any atom is -0.364 e. The van der Waals surface area contributed by atoms with Crippen LogP contribution in [0.2, 0.25) is 0 Å². The molecule has 0 bridgehead atoms. The zero-order chi connectivity index (χ0) is 19.0. The van der Waals surface area contributed by atoms with E-state index >= 15 is 0 Å². The maximum absolute atomic E-state index is 11.5. The molecule has 2 aromatic heterocycles. The summed E-state index contributed by atoms with van der Waals surface area (Å²) in [7, 11) is 0. The highest BCUT2D eigenvalue weighted by atomic mass is 16.1. The predicted molar refractivity (Wildman–Crippen MR) is 109 cm³/mol. The second-order valence-corrected chi connectivity index (χ2v) is 6.88. The Morgan fingerprint density at radius 1 is 1.00 bits per heavy atom. The van der Waals surface area contributed by atoms with Crippen LogP contribution in [0, 0.1) is 13.8 Å². The van der Waals surface area contributed by atoms with Gasteiger partial charge in [-0.25, -0.2) is 4.98 Å². The predicted octanol–water partition coefficient (Wildman–Crippen LogP) is 4.54. The number of nitrogens with one attached hydrogen (secondary N) is 1. The van der Waals surface area contributed by atoms with Crippen LogP contribution >= 0.6 is 0 Å². The molecule has 27 heavy (non-hydrogen) atoms. The van der Waals surface area contributed by atoms with Gasteiger partial charge in [-0.3, -0.25) is 4.79 Å². The van der Waals surface area contributed by atoms with Gasteiger partial charge >= 0.3 is 0 Å². The number of H-pyrrole nitrogens is 1. The summed E-state index contributed by atoms with van der Waals surface area (Å²) in [4.78, 5) is 19.5. The number of hydrogen-bond donors (Lipinski definition) is 2.